The van der Waals surface area contributed by atoms with E-state index >= 15 is 0 Å². The molecule has 2 bridgehead atoms. The molecule has 2 atom stereocenters. The largest absolute Gasteiger partial charge is 0.368 e. The van der Waals surface area contributed by atoms with E-state index in [2.05, 4.69) is 27.2 Å². The summed E-state index contributed by atoms with van der Waals surface area (Å²) in [6.07, 6.45) is 2.98. The highest BCUT2D eigenvalue weighted by Crippen LogP contribution is 2.39. The number of carbonyl (C=O) groups is 2. The number of benzene rings is 1. The summed E-state index contributed by atoms with van der Waals surface area (Å²) in [6.45, 7) is 6.22. The van der Waals surface area contributed by atoms with Crippen molar-refractivity contribution in [3.63, 3.8) is 0 Å². The van der Waals surface area contributed by atoms with E-state index in [9.17, 15) is 9.59 Å². The highest BCUT2D eigenvalue weighted by molar-refractivity contribution is 5.88. The van der Waals surface area contributed by atoms with Crippen LogP contribution in [0.4, 0.5) is 5.69 Å². The number of piperazine rings is 1. The van der Waals surface area contributed by atoms with E-state index in [0.29, 0.717) is 13.1 Å². The van der Waals surface area contributed by atoms with Crippen LogP contribution in [0, 0.1) is 5.41 Å². The van der Waals surface area contributed by atoms with E-state index in [0.717, 1.165) is 52.0 Å². The zero-order chi connectivity index (χ0) is 18.0. The summed E-state index contributed by atoms with van der Waals surface area (Å²) in [5.41, 5.74) is 0.958. The van der Waals surface area contributed by atoms with Crippen LogP contribution in [0.2, 0.25) is 0 Å². The number of carbonyl (C=O) groups excluding carboxylic acids is 2. The standard InChI is InChI=1S/C20H28N4O2/c25-18(15-21-19(26)20-7-4-9-22(16-20)10-8-20)24-13-11-23(12-14-24)17-5-2-1-3-6-17/h1-3,5-6H,4,7-16H2,(H,21,26). The Balaban J connectivity index is 1.25. The van der Waals surface area contributed by atoms with Crippen molar-refractivity contribution in [1.29, 1.82) is 0 Å². The van der Waals surface area contributed by atoms with Gasteiger partial charge in [-0.25, -0.2) is 0 Å². The number of hydrogen-bond acceptors (Lipinski definition) is 4. The zero-order valence-corrected chi connectivity index (χ0v) is 15.3. The van der Waals surface area contributed by atoms with Crippen LogP contribution in [0.3, 0.4) is 0 Å². The third-order valence-electron chi connectivity index (χ3n) is 6.20. The first-order chi connectivity index (χ1) is 12.7. The van der Waals surface area contributed by atoms with Crippen LogP contribution in [0.1, 0.15) is 19.3 Å². The second-order valence-corrected chi connectivity index (χ2v) is 7.80. The van der Waals surface area contributed by atoms with Crippen LogP contribution in [0.15, 0.2) is 30.3 Å². The number of para-hydroxylation sites is 1. The average Bonchev–Trinajstić information content (AvgIpc) is 3.01. The Bertz CT molecular complexity index is 653. The zero-order valence-electron chi connectivity index (χ0n) is 15.3. The fraction of sp³-hybridized carbons (Fsp3) is 0.600. The molecule has 3 fully saturated rings. The second-order valence-electron chi connectivity index (χ2n) is 7.80. The molecule has 0 spiro atoms. The van der Waals surface area contributed by atoms with Crippen LogP contribution < -0.4 is 10.2 Å². The summed E-state index contributed by atoms with van der Waals surface area (Å²) in [6, 6.07) is 10.3. The van der Waals surface area contributed by atoms with E-state index in [4.69, 9.17) is 0 Å². The highest BCUT2D eigenvalue weighted by atomic mass is 16.2. The molecule has 1 aromatic rings. The molecule has 3 aliphatic rings. The Hall–Kier alpha value is -2.08. The molecule has 6 heteroatoms. The van der Waals surface area contributed by atoms with E-state index in [1.54, 1.807) is 0 Å². The molecule has 3 saturated heterocycles. The van der Waals surface area contributed by atoms with E-state index in [1.807, 2.05) is 23.1 Å². The van der Waals surface area contributed by atoms with Crippen LogP contribution in [0.25, 0.3) is 0 Å². The number of rotatable bonds is 4. The topological polar surface area (TPSA) is 55.9 Å². The SMILES string of the molecule is O=C(CNC(=O)C12CCCN(CC1)C2)N1CCN(c2ccccc2)CC1. The average molecular weight is 356 g/mol. The van der Waals surface area contributed by atoms with Crippen molar-refractivity contribution in [1.82, 2.24) is 15.1 Å². The Morgan fingerprint density at radius 2 is 1.73 bits per heavy atom. The summed E-state index contributed by atoms with van der Waals surface area (Å²) in [7, 11) is 0. The molecule has 0 saturated carbocycles. The van der Waals surface area contributed by atoms with Gasteiger partial charge in [0.1, 0.15) is 0 Å². The lowest BCUT2D eigenvalue weighted by Crippen LogP contribution is -2.53. The van der Waals surface area contributed by atoms with Crippen molar-refractivity contribution in [3.05, 3.63) is 30.3 Å². The maximum Gasteiger partial charge on any atom is 0.242 e. The second kappa shape index (κ2) is 7.27. The number of amides is 2. The van der Waals surface area contributed by atoms with Gasteiger partial charge in [0.2, 0.25) is 11.8 Å². The molecular formula is C20H28N4O2. The van der Waals surface area contributed by atoms with Crippen molar-refractivity contribution < 1.29 is 9.59 Å². The molecule has 0 aromatic heterocycles. The first kappa shape index (κ1) is 17.3. The Morgan fingerprint density at radius 3 is 2.50 bits per heavy atom. The number of fused-ring (bicyclic) bond motifs is 2. The molecule has 3 aliphatic heterocycles. The fourth-order valence-corrected chi connectivity index (χ4v) is 4.60. The minimum atomic E-state index is -0.245. The van der Waals surface area contributed by atoms with E-state index in [1.165, 1.54) is 5.69 Å². The fourth-order valence-electron chi connectivity index (χ4n) is 4.60. The van der Waals surface area contributed by atoms with Gasteiger partial charge in [0.15, 0.2) is 0 Å². The molecule has 4 rings (SSSR count). The summed E-state index contributed by atoms with van der Waals surface area (Å²) < 4.78 is 0. The molecule has 6 nitrogen and oxygen atoms in total. The summed E-state index contributed by atoms with van der Waals surface area (Å²) in [5.74, 6) is 0.115. The number of anilines is 1. The number of piperidine rings is 1. The predicted molar refractivity (Wildman–Crippen MR) is 101 cm³/mol. The van der Waals surface area contributed by atoms with Gasteiger partial charge in [-0.1, -0.05) is 18.2 Å². The van der Waals surface area contributed by atoms with Gasteiger partial charge in [-0.2, -0.15) is 0 Å². The highest BCUT2D eigenvalue weighted by Gasteiger charge is 2.46. The van der Waals surface area contributed by atoms with Crippen molar-refractivity contribution in [2.45, 2.75) is 19.3 Å². The van der Waals surface area contributed by atoms with Crippen molar-refractivity contribution in [3.8, 4) is 0 Å². The molecule has 1 N–H and O–H groups in total. The molecule has 26 heavy (non-hydrogen) atoms. The lowest BCUT2D eigenvalue weighted by molar-refractivity contribution is -0.137. The van der Waals surface area contributed by atoms with E-state index < -0.39 is 0 Å². The molecule has 0 radical (unpaired) electrons. The molecule has 2 unspecified atom stereocenters. The molecule has 0 aliphatic carbocycles. The number of hydrogen-bond donors (Lipinski definition) is 1. The lowest BCUT2D eigenvalue weighted by atomic mass is 9.80. The monoisotopic (exact) mass is 356 g/mol. The van der Waals surface area contributed by atoms with Crippen LogP contribution in [-0.4, -0.2) is 74.0 Å². The molecule has 3 heterocycles. The third kappa shape index (κ3) is 3.43. The smallest absolute Gasteiger partial charge is 0.242 e. The maximum atomic E-state index is 12.7. The third-order valence-corrected chi connectivity index (χ3v) is 6.20. The van der Waals surface area contributed by atoms with Gasteiger partial charge in [-0.3, -0.25) is 9.59 Å². The van der Waals surface area contributed by atoms with Crippen LogP contribution in [0.5, 0.6) is 0 Å². The minimum Gasteiger partial charge on any atom is -0.368 e. The first-order valence-corrected chi connectivity index (χ1v) is 9.75. The summed E-state index contributed by atoms with van der Waals surface area (Å²) >= 11 is 0. The summed E-state index contributed by atoms with van der Waals surface area (Å²) in [5, 5.41) is 2.94. The summed E-state index contributed by atoms with van der Waals surface area (Å²) in [4.78, 5) is 31.7. The van der Waals surface area contributed by atoms with Gasteiger partial charge in [0.25, 0.3) is 0 Å². The quantitative estimate of drug-likeness (QED) is 0.872. The first-order valence-electron chi connectivity index (χ1n) is 9.75. The lowest BCUT2D eigenvalue weighted by Gasteiger charge is -2.36. The van der Waals surface area contributed by atoms with Crippen molar-refractivity contribution in [2.75, 3.05) is 57.3 Å². The van der Waals surface area contributed by atoms with Crippen molar-refractivity contribution in [2.24, 2.45) is 5.41 Å². The van der Waals surface area contributed by atoms with Gasteiger partial charge in [0, 0.05) is 38.4 Å². The minimum absolute atomic E-state index is 0.0353. The number of nitrogens with zero attached hydrogens (tertiary/aromatic N) is 3. The van der Waals surface area contributed by atoms with Gasteiger partial charge in [-0.15, -0.1) is 0 Å². The van der Waals surface area contributed by atoms with Gasteiger partial charge >= 0.3 is 0 Å². The normalized spacial score (nSPS) is 28.1. The van der Waals surface area contributed by atoms with Gasteiger partial charge in [-0.05, 0) is 44.5 Å². The van der Waals surface area contributed by atoms with Gasteiger partial charge < -0.3 is 20.0 Å². The molecule has 2 amide bonds. The van der Waals surface area contributed by atoms with Gasteiger partial charge in [0.05, 0.1) is 12.0 Å². The Labute approximate surface area is 155 Å². The Kier molecular flexibility index (Phi) is 4.85. The molecule has 1 aromatic carbocycles. The Morgan fingerprint density at radius 1 is 0.962 bits per heavy atom. The van der Waals surface area contributed by atoms with E-state index in [-0.39, 0.29) is 23.8 Å². The number of nitrogens with one attached hydrogen (secondary N) is 1. The van der Waals surface area contributed by atoms with Crippen LogP contribution >= 0.6 is 0 Å². The van der Waals surface area contributed by atoms with Crippen molar-refractivity contribution >= 4 is 17.5 Å². The molecule has 140 valence electrons. The predicted octanol–water partition coefficient (Wildman–Crippen LogP) is 0.937. The van der Waals surface area contributed by atoms with Crippen LogP contribution in [-0.2, 0) is 9.59 Å². The molecular weight excluding hydrogens is 328 g/mol. The maximum absolute atomic E-state index is 12.7.